The Morgan fingerprint density at radius 2 is 1.50 bits per heavy atom. The largest absolute Gasteiger partial charge is 0.0651 e. The molecular formula is C12H25. The third-order valence-corrected chi connectivity index (χ3v) is 2.79. The van der Waals surface area contributed by atoms with Gasteiger partial charge in [0, 0.05) is 0 Å². The van der Waals surface area contributed by atoms with E-state index in [1.807, 2.05) is 0 Å². The van der Waals surface area contributed by atoms with Crippen LogP contribution in [-0.2, 0) is 0 Å². The Hall–Kier alpha value is 0. The van der Waals surface area contributed by atoms with Crippen molar-refractivity contribution in [3.63, 3.8) is 0 Å². The van der Waals surface area contributed by atoms with Gasteiger partial charge in [-0.05, 0) is 37.0 Å². The van der Waals surface area contributed by atoms with Crippen LogP contribution >= 0.6 is 0 Å². The molecule has 0 N–H and O–H groups in total. The van der Waals surface area contributed by atoms with Crippen LogP contribution in [0.2, 0.25) is 0 Å². The van der Waals surface area contributed by atoms with Crippen molar-refractivity contribution in [3.8, 4) is 0 Å². The summed E-state index contributed by atoms with van der Waals surface area (Å²) in [5.74, 6) is 2.58. The minimum atomic E-state index is 0.828. The highest BCUT2D eigenvalue weighted by molar-refractivity contribution is 4.72. The second-order valence-corrected chi connectivity index (χ2v) is 4.52. The number of rotatable bonds is 6. The number of hydrogen-bond acceptors (Lipinski definition) is 0. The van der Waals surface area contributed by atoms with Crippen molar-refractivity contribution in [3.05, 3.63) is 6.42 Å². The van der Waals surface area contributed by atoms with Gasteiger partial charge in [0.25, 0.3) is 0 Å². The highest BCUT2D eigenvalue weighted by Crippen LogP contribution is 2.20. The van der Waals surface area contributed by atoms with Gasteiger partial charge in [-0.1, -0.05) is 41.0 Å². The zero-order chi connectivity index (χ0) is 9.56. The highest BCUT2D eigenvalue weighted by atomic mass is 14.1. The quantitative estimate of drug-likeness (QED) is 0.556. The molecule has 0 rings (SSSR count). The first-order valence-corrected chi connectivity index (χ1v) is 5.39. The Morgan fingerprint density at radius 3 is 1.92 bits per heavy atom. The summed E-state index contributed by atoms with van der Waals surface area (Å²) in [7, 11) is 0. The van der Waals surface area contributed by atoms with E-state index in [-0.39, 0.29) is 0 Å². The molecule has 0 amide bonds. The van der Waals surface area contributed by atoms with E-state index in [0.717, 1.165) is 17.8 Å². The summed E-state index contributed by atoms with van der Waals surface area (Å²) in [5, 5.41) is 0. The summed E-state index contributed by atoms with van der Waals surface area (Å²) in [5.41, 5.74) is 0. The average molecular weight is 169 g/mol. The van der Waals surface area contributed by atoms with Gasteiger partial charge >= 0.3 is 0 Å². The predicted octanol–water partition coefficient (Wildman–Crippen LogP) is 4.31. The minimum absolute atomic E-state index is 0.828. The Labute approximate surface area is 78.8 Å². The Kier molecular flexibility index (Phi) is 6.51. The van der Waals surface area contributed by atoms with Gasteiger partial charge in [0.05, 0.1) is 0 Å². The lowest BCUT2D eigenvalue weighted by Gasteiger charge is -2.18. The molecule has 0 aliphatic heterocycles. The first kappa shape index (κ1) is 12.0. The van der Waals surface area contributed by atoms with Gasteiger partial charge in [-0.15, -0.1) is 0 Å². The zero-order valence-corrected chi connectivity index (χ0v) is 9.43. The van der Waals surface area contributed by atoms with Crippen LogP contribution in [0.3, 0.4) is 0 Å². The summed E-state index contributed by atoms with van der Waals surface area (Å²) in [6.07, 6.45) is 6.35. The van der Waals surface area contributed by atoms with Crippen molar-refractivity contribution in [2.45, 2.75) is 53.9 Å². The van der Waals surface area contributed by atoms with Gasteiger partial charge < -0.3 is 0 Å². The van der Waals surface area contributed by atoms with Crippen molar-refractivity contribution in [1.82, 2.24) is 0 Å². The maximum absolute atomic E-state index is 2.46. The molecule has 12 heavy (non-hydrogen) atoms. The monoisotopic (exact) mass is 169 g/mol. The lowest BCUT2D eigenvalue weighted by atomic mass is 9.88. The molecule has 1 radical (unpaired) electrons. The third kappa shape index (κ3) is 5.62. The zero-order valence-electron chi connectivity index (χ0n) is 9.43. The first-order valence-electron chi connectivity index (χ1n) is 5.39. The Morgan fingerprint density at radius 1 is 0.917 bits per heavy atom. The van der Waals surface area contributed by atoms with Crippen LogP contribution < -0.4 is 0 Å². The van der Waals surface area contributed by atoms with E-state index in [2.05, 4.69) is 41.0 Å². The second-order valence-electron chi connectivity index (χ2n) is 4.52. The molecule has 0 aliphatic rings. The van der Waals surface area contributed by atoms with E-state index in [4.69, 9.17) is 0 Å². The van der Waals surface area contributed by atoms with Crippen molar-refractivity contribution in [2.24, 2.45) is 17.8 Å². The van der Waals surface area contributed by atoms with Crippen molar-refractivity contribution < 1.29 is 0 Å². The van der Waals surface area contributed by atoms with E-state index in [0.29, 0.717) is 0 Å². The lowest BCUT2D eigenvalue weighted by Crippen LogP contribution is -2.07. The summed E-state index contributed by atoms with van der Waals surface area (Å²) in [6.45, 7) is 11.6. The molecule has 0 fully saturated rings. The Bertz CT molecular complexity index is 94.2. The lowest BCUT2D eigenvalue weighted by molar-refractivity contribution is 0.366. The normalized spacial score (nSPS) is 16.5. The van der Waals surface area contributed by atoms with E-state index in [9.17, 15) is 0 Å². The molecule has 73 valence electrons. The van der Waals surface area contributed by atoms with Crippen molar-refractivity contribution in [2.75, 3.05) is 0 Å². The van der Waals surface area contributed by atoms with E-state index in [1.165, 1.54) is 19.3 Å². The average Bonchev–Trinajstić information content (AvgIpc) is 2.02. The van der Waals surface area contributed by atoms with Crippen LogP contribution in [0.1, 0.15) is 53.9 Å². The third-order valence-electron chi connectivity index (χ3n) is 2.79. The van der Waals surface area contributed by atoms with Gasteiger partial charge in [0.1, 0.15) is 0 Å². The SMILES string of the molecule is CCC(C)C(C)C[CH]CC(C)C. The summed E-state index contributed by atoms with van der Waals surface area (Å²) < 4.78 is 0. The summed E-state index contributed by atoms with van der Waals surface area (Å²) in [6, 6.07) is 0. The maximum atomic E-state index is 2.46. The fraction of sp³-hybridized carbons (Fsp3) is 0.917. The van der Waals surface area contributed by atoms with Gasteiger partial charge in [0.2, 0.25) is 0 Å². The molecule has 0 bridgehead atoms. The van der Waals surface area contributed by atoms with Crippen LogP contribution in [0, 0.1) is 24.2 Å². The molecule has 2 atom stereocenters. The molecule has 2 unspecified atom stereocenters. The van der Waals surface area contributed by atoms with Crippen molar-refractivity contribution in [1.29, 1.82) is 0 Å². The standard InChI is InChI=1S/C12H25/c1-6-11(4)12(5)9-7-8-10(2)3/h7,10-12H,6,8-9H2,1-5H3. The van der Waals surface area contributed by atoms with E-state index < -0.39 is 0 Å². The first-order chi connectivity index (χ1) is 5.57. The van der Waals surface area contributed by atoms with Crippen LogP contribution in [-0.4, -0.2) is 0 Å². The van der Waals surface area contributed by atoms with Crippen LogP contribution in [0.5, 0.6) is 0 Å². The molecule has 0 heteroatoms. The summed E-state index contributed by atoms with van der Waals surface area (Å²) in [4.78, 5) is 0. The maximum Gasteiger partial charge on any atom is -0.0381 e. The smallest absolute Gasteiger partial charge is 0.0381 e. The second kappa shape index (κ2) is 6.51. The van der Waals surface area contributed by atoms with E-state index >= 15 is 0 Å². The molecular weight excluding hydrogens is 144 g/mol. The molecule has 0 heterocycles. The van der Waals surface area contributed by atoms with Crippen LogP contribution in [0.15, 0.2) is 0 Å². The number of hydrogen-bond donors (Lipinski definition) is 0. The minimum Gasteiger partial charge on any atom is -0.0651 e. The summed E-state index contributed by atoms with van der Waals surface area (Å²) >= 11 is 0. The predicted molar refractivity (Wildman–Crippen MR) is 57.0 cm³/mol. The molecule has 0 aromatic rings. The highest BCUT2D eigenvalue weighted by Gasteiger charge is 2.09. The van der Waals surface area contributed by atoms with Gasteiger partial charge in [-0.25, -0.2) is 0 Å². The molecule has 0 saturated heterocycles. The fourth-order valence-corrected chi connectivity index (χ4v) is 1.33. The fourth-order valence-electron chi connectivity index (χ4n) is 1.33. The molecule has 0 spiro atoms. The van der Waals surface area contributed by atoms with Gasteiger partial charge in [-0.2, -0.15) is 0 Å². The molecule has 0 aromatic heterocycles. The van der Waals surface area contributed by atoms with Crippen LogP contribution in [0.25, 0.3) is 0 Å². The molecule has 0 aromatic carbocycles. The van der Waals surface area contributed by atoms with Gasteiger partial charge in [0.15, 0.2) is 0 Å². The van der Waals surface area contributed by atoms with Gasteiger partial charge in [-0.3, -0.25) is 0 Å². The molecule has 0 nitrogen and oxygen atoms in total. The topological polar surface area (TPSA) is 0 Å². The van der Waals surface area contributed by atoms with E-state index in [1.54, 1.807) is 0 Å². The van der Waals surface area contributed by atoms with Crippen molar-refractivity contribution >= 4 is 0 Å². The Balaban J connectivity index is 3.37. The molecule has 0 aliphatic carbocycles. The molecule has 0 saturated carbocycles. The van der Waals surface area contributed by atoms with Crippen LogP contribution in [0.4, 0.5) is 0 Å².